The van der Waals surface area contributed by atoms with E-state index in [1.807, 2.05) is 44.2 Å². The summed E-state index contributed by atoms with van der Waals surface area (Å²) in [5.41, 5.74) is 0.295. The zero-order valence-corrected chi connectivity index (χ0v) is 29.9. The Bertz CT molecular complexity index is 1560. The van der Waals surface area contributed by atoms with Gasteiger partial charge in [0.15, 0.2) is 17.8 Å². The number of nitrogens with one attached hydrogen (secondary N) is 1. The Labute approximate surface area is 293 Å². The van der Waals surface area contributed by atoms with E-state index in [2.05, 4.69) is 5.32 Å². The molecular weight excluding hydrogens is 670 g/mol. The van der Waals surface area contributed by atoms with E-state index in [1.54, 1.807) is 20.2 Å². The molecule has 3 aliphatic rings. The fourth-order valence-corrected chi connectivity index (χ4v) is 8.00. The van der Waals surface area contributed by atoms with Gasteiger partial charge in [-0.15, -0.1) is 0 Å². The van der Waals surface area contributed by atoms with Gasteiger partial charge in [-0.3, -0.25) is 0 Å². The quantitative estimate of drug-likeness (QED) is 0.243. The number of alkyl carbamates (subject to hydrolysis) is 1. The molecule has 0 saturated carbocycles. The van der Waals surface area contributed by atoms with Gasteiger partial charge in [0.25, 0.3) is 0 Å². The van der Waals surface area contributed by atoms with E-state index in [-0.39, 0.29) is 50.3 Å². The van der Waals surface area contributed by atoms with E-state index < -0.39 is 52.2 Å². The van der Waals surface area contributed by atoms with Gasteiger partial charge in [0, 0.05) is 33.3 Å². The van der Waals surface area contributed by atoms with Crippen molar-refractivity contribution >= 4 is 22.2 Å². The molecule has 14 nitrogen and oxygen atoms in total. The van der Waals surface area contributed by atoms with Crippen LogP contribution in [0.15, 0.2) is 53.4 Å². The van der Waals surface area contributed by atoms with Crippen molar-refractivity contribution in [2.45, 2.75) is 75.4 Å². The summed E-state index contributed by atoms with van der Waals surface area (Å²) in [5.74, 6) is 0.692. The second-order valence-corrected chi connectivity index (χ2v) is 15.9. The third-order valence-electron chi connectivity index (χ3n) is 9.13. The van der Waals surface area contributed by atoms with Crippen LogP contribution >= 0.6 is 0 Å². The topological polar surface area (TPSA) is 162 Å². The lowest BCUT2D eigenvalue weighted by Gasteiger charge is -2.35. The van der Waals surface area contributed by atoms with Gasteiger partial charge >= 0.3 is 12.2 Å². The molecule has 0 aromatic heterocycles. The van der Waals surface area contributed by atoms with Crippen molar-refractivity contribution < 1.29 is 51.5 Å². The molecule has 15 heteroatoms. The zero-order chi connectivity index (χ0) is 35.9. The van der Waals surface area contributed by atoms with Gasteiger partial charge < -0.3 is 43.7 Å². The molecule has 2 saturated heterocycles. The lowest BCUT2D eigenvalue weighted by molar-refractivity contribution is -0.0907. The number of amides is 2. The molecule has 50 heavy (non-hydrogen) atoms. The van der Waals surface area contributed by atoms with Crippen LogP contribution in [0.3, 0.4) is 0 Å². The van der Waals surface area contributed by atoms with Gasteiger partial charge in [-0.05, 0) is 55.2 Å². The first-order chi connectivity index (χ1) is 23.8. The number of benzene rings is 2. The predicted molar refractivity (Wildman–Crippen MR) is 181 cm³/mol. The molecule has 5 atom stereocenters. The molecule has 5 rings (SSSR count). The molecule has 3 aliphatic heterocycles. The van der Waals surface area contributed by atoms with Gasteiger partial charge in [-0.1, -0.05) is 44.2 Å². The maximum atomic E-state index is 14.3. The Hall–Kier alpha value is -3.63. The van der Waals surface area contributed by atoms with Crippen molar-refractivity contribution in [2.75, 3.05) is 53.8 Å². The van der Waals surface area contributed by atoms with Crippen molar-refractivity contribution in [1.29, 1.82) is 0 Å². The lowest BCUT2D eigenvalue weighted by Crippen LogP contribution is -2.52. The first-order valence-corrected chi connectivity index (χ1v) is 18.4. The molecule has 0 spiro atoms. The number of aliphatic hydroxyl groups is 1. The summed E-state index contributed by atoms with van der Waals surface area (Å²) in [6, 6.07) is 12.8. The average molecular weight is 720 g/mol. The number of hydrogen-bond acceptors (Lipinski definition) is 11. The number of carbonyl (C=O) groups excluding carboxylic acids is 2. The Balaban J connectivity index is 1.33. The molecule has 2 aromatic carbocycles. The van der Waals surface area contributed by atoms with E-state index in [4.69, 9.17) is 28.4 Å². The van der Waals surface area contributed by atoms with Crippen molar-refractivity contribution in [2.24, 2.45) is 11.3 Å². The van der Waals surface area contributed by atoms with Gasteiger partial charge in [0.2, 0.25) is 16.8 Å². The molecule has 2 N–H and O–H groups in total. The number of fused-ring (bicyclic) bond motifs is 2. The number of nitrogens with zero attached hydrogens (tertiary/aromatic N) is 2. The number of rotatable bonds is 16. The maximum absolute atomic E-state index is 14.3. The van der Waals surface area contributed by atoms with Gasteiger partial charge in [0.05, 0.1) is 42.8 Å². The molecule has 3 heterocycles. The van der Waals surface area contributed by atoms with Crippen molar-refractivity contribution in [1.82, 2.24) is 14.5 Å². The molecule has 276 valence electrons. The van der Waals surface area contributed by atoms with E-state index in [9.17, 15) is 23.1 Å². The average Bonchev–Trinajstić information content (AvgIpc) is 3.83. The first kappa shape index (κ1) is 37.6. The van der Waals surface area contributed by atoms with Gasteiger partial charge in [0.1, 0.15) is 6.10 Å². The van der Waals surface area contributed by atoms with E-state index in [0.717, 1.165) is 5.56 Å². The molecule has 0 unspecified atom stereocenters. The zero-order valence-electron chi connectivity index (χ0n) is 29.1. The highest BCUT2D eigenvalue weighted by Gasteiger charge is 2.44. The molecule has 2 aromatic rings. The summed E-state index contributed by atoms with van der Waals surface area (Å²) in [5, 5.41) is 14.6. The standard InChI is InChI=1S/C35H49N3O11S/c1-35(2,15-8-9-16-45-34(41)37(3)4)22-38(50(42,43)25-12-13-29-30(19-25)48-23-47-29)20-28(39)27(18-24-10-6-5-7-11-24)36-33(40)49-31-21-46-32-26(31)14-17-44-32/h5-7,10-13,19,26-28,31-32,39H,8-9,14-18,20-23H2,1-4H3,(H,36,40)/t26-,27-,28+,31-,32+/m0/s1. The van der Waals surface area contributed by atoms with Crippen LogP contribution in [0.1, 0.15) is 45.1 Å². The molecule has 0 radical (unpaired) electrons. The number of sulfonamides is 1. The van der Waals surface area contributed by atoms with E-state index in [0.29, 0.717) is 43.8 Å². The lowest BCUT2D eigenvalue weighted by atomic mass is 9.87. The molecular formula is C35H49N3O11S. The number of carbonyl (C=O) groups is 2. The summed E-state index contributed by atoms with van der Waals surface area (Å²) in [6.07, 6.45) is -0.540. The third kappa shape index (κ3) is 9.78. The predicted octanol–water partition coefficient (Wildman–Crippen LogP) is 3.76. The Morgan fingerprint density at radius 3 is 2.58 bits per heavy atom. The summed E-state index contributed by atoms with van der Waals surface area (Å²) >= 11 is 0. The fraction of sp³-hybridized carbons (Fsp3) is 0.600. The second-order valence-electron chi connectivity index (χ2n) is 13.9. The number of hydrogen-bond donors (Lipinski definition) is 2. The minimum absolute atomic E-state index is 0.0114. The number of aliphatic hydroxyl groups excluding tert-OH is 1. The van der Waals surface area contributed by atoms with Crippen LogP contribution in [-0.2, 0) is 35.4 Å². The highest BCUT2D eigenvalue weighted by atomic mass is 32.2. The van der Waals surface area contributed by atoms with Crippen LogP contribution in [0, 0.1) is 11.3 Å². The fourth-order valence-electron chi connectivity index (χ4n) is 6.34. The van der Waals surface area contributed by atoms with Crippen molar-refractivity contribution in [3.05, 3.63) is 54.1 Å². The van der Waals surface area contributed by atoms with E-state index in [1.165, 1.54) is 21.3 Å². The minimum atomic E-state index is -4.18. The number of ether oxygens (including phenoxy) is 6. The minimum Gasteiger partial charge on any atom is -0.454 e. The normalized spacial score (nSPS) is 21.0. The molecule has 0 bridgehead atoms. The summed E-state index contributed by atoms with van der Waals surface area (Å²) < 4.78 is 62.9. The van der Waals surface area contributed by atoms with Crippen LogP contribution in [-0.4, -0.2) is 113 Å². The van der Waals surface area contributed by atoms with Crippen molar-refractivity contribution in [3.63, 3.8) is 0 Å². The third-order valence-corrected chi connectivity index (χ3v) is 10.9. The molecule has 2 amide bonds. The Morgan fingerprint density at radius 1 is 1.06 bits per heavy atom. The summed E-state index contributed by atoms with van der Waals surface area (Å²) in [7, 11) is -0.955. The van der Waals surface area contributed by atoms with Gasteiger partial charge in [-0.2, -0.15) is 4.31 Å². The van der Waals surface area contributed by atoms with Crippen LogP contribution in [0.5, 0.6) is 11.5 Å². The first-order valence-electron chi connectivity index (χ1n) is 17.0. The van der Waals surface area contributed by atoms with Gasteiger partial charge in [-0.25, -0.2) is 18.0 Å². The summed E-state index contributed by atoms with van der Waals surface area (Å²) in [4.78, 5) is 26.4. The highest BCUT2D eigenvalue weighted by molar-refractivity contribution is 7.89. The SMILES string of the molecule is CN(C)C(=O)OCCCCC(C)(C)CN(C[C@@H](O)[C@H](Cc1ccccc1)NC(=O)O[C@H]1CO[C@H]2OCC[C@H]21)S(=O)(=O)c1ccc2c(c1)OCO2. The number of unbranched alkanes of at least 4 members (excludes halogenated alkanes) is 1. The second kappa shape index (κ2) is 16.6. The van der Waals surface area contributed by atoms with Crippen LogP contribution in [0.25, 0.3) is 0 Å². The monoisotopic (exact) mass is 719 g/mol. The van der Waals surface area contributed by atoms with Crippen LogP contribution in [0.2, 0.25) is 0 Å². The maximum Gasteiger partial charge on any atom is 0.409 e. The highest BCUT2D eigenvalue weighted by Crippen LogP contribution is 2.36. The Kier molecular flexibility index (Phi) is 12.5. The van der Waals surface area contributed by atoms with Crippen LogP contribution < -0.4 is 14.8 Å². The molecule has 2 fully saturated rings. The largest absolute Gasteiger partial charge is 0.454 e. The van der Waals surface area contributed by atoms with Crippen LogP contribution in [0.4, 0.5) is 9.59 Å². The smallest absolute Gasteiger partial charge is 0.409 e. The van der Waals surface area contributed by atoms with E-state index >= 15 is 0 Å². The molecule has 0 aliphatic carbocycles. The summed E-state index contributed by atoms with van der Waals surface area (Å²) in [6.45, 7) is 4.62. The Morgan fingerprint density at radius 2 is 1.82 bits per heavy atom. The van der Waals surface area contributed by atoms with Crippen molar-refractivity contribution in [3.8, 4) is 11.5 Å².